The lowest BCUT2D eigenvalue weighted by atomic mass is 9.81. The summed E-state index contributed by atoms with van der Waals surface area (Å²) in [5, 5.41) is 20.0. The molecule has 1 amide bonds. The summed E-state index contributed by atoms with van der Waals surface area (Å²) >= 11 is 0. The predicted molar refractivity (Wildman–Crippen MR) is 103 cm³/mol. The molecular weight excluding hydrogens is 342 g/mol. The van der Waals surface area contributed by atoms with Crippen LogP contribution in [0.15, 0.2) is 60.7 Å². The number of rotatable bonds is 7. The van der Waals surface area contributed by atoms with E-state index in [0.717, 1.165) is 17.5 Å². The van der Waals surface area contributed by atoms with Gasteiger partial charge >= 0.3 is 0 Å². The number of carbonyl (C=O) groups excluding carboxylic acids is 1. The second kappa shape index (κ2) is 9.65. The Hall–Kier alpha value is -2.21. The average molecular weight is 369 g/mol. The van der Waals surface area contributed by atoms with Crippen LogP contribution in [0.2, 0.25) is 0 Å². The lowest BCUT2D eigenvalue weighted by Gasteiger charge is -2.39. The number of likely N-dealkylation sites (tertiary alicyclic amines) is 1. The molecule has 2 unspecified atom stereocenters. The topological polar surface area (TPSA) is 70.0 Å². The van der Waals surface area contributed by atoms with Crippen LogP contribution in [-0.2, 0) is 16.1 Å². The van der Waals surface area contributed by atoms with Gasteiger partial charge in [0.1, 0.15) is 0 Å². The van der Waals surface area contributed by atoms with E-state index in [9.17, 15) is 15.0 Å². The zero-order chi connectivity index (χ0) is 19.1. The van der Waals surface area contributed by atoms with Gasteiger partial charge in [-0.25, -0.2) is 0 Å². The third-order valence-electron chi connectivity index (χ3n) is 5.20. The Labute approximate surface area is 160 Å². The Morgan fingerprint density at radius 3 is 2.44 bits per heavy atom. The number of hydrogen-bond donors (Lipinski definition) is 2. The molecule has 1 heterocycles. The van der Waals surface area contributed by atoms with E-state index in [4.69, 9.17) is 4.74 Å². The minimum Gasteiger partial charge on any atom is -0.396 e. The molecule has 3 rings (SSSR count). The van der Waals surface area contributed by atoms with Crippen LogP contribution in [-0.4, -0.2) is 53.4 Å². The molecule has 2 aromatic carbocycles. The maximum atomic E-state index is 12.6. The predicted octanol–water partition coefficient (Wildman–Crippen LogP) is 2.19. The maximum Gasteiger partial charge on any atom is 0.253 e. The Morgan fingerprint density at radius 2 is 1.78 bits per heavy atom. The van der Waals surface area contributed by atoms with Crippen LogP contribution in [0.5, 0.6) is 0 Å². The van der Waals surface area contributed by atoms with Gasteiger partial charge in [-0.05, 0) is 23.5 Å². The fourth-order valence-electron chi connectivity index (χ4n) is 3.64. The van der Waals surface area contributed by atoms with E-state index in [1.165, 1.54) is 0 Å². The fourth-order valence-corrected chi connectivity index (χ4v) is 3.64. The van der Waals surface area contributed by atoms with Crippen LogP contribution >= 0.6 is 0 Å². The summed E-state index contributed by atoms with van der Waals surface area (Å²) < 4.78 is 5.51. The third-order valence-corrected chi connectivity index (χ3v) is 5.20. The second-order valence-electron chi connectivity index (χ2n) is 7.05. The first-order chi connectivity index (χ1) is 13.2. The summed E-state index contributed by atoms with van der Waals surface area (Å²) in [7, 11) is 0. The minimum atomic E-state index is -1.17. The number of aliphatic hydroxyl groups is 2. The largest absolute Gasteiger partial charge is 0.396 e. The number of benzene rings is 2. The summed E-state index contributed by atoms with van der Waals surface area (Å²) in [6, 6.07) is 19.6. The quantitative estimate of drug-likeness (QED) is 0.785. The van der Waals surface area contributed by atoms with Gasteiger partial charge in [-0.1, -0.05) is 60.7 Å². The summed E-state index contributed by atoms with van der Waals surface area (Å²) in [6.45, 7) is 1.49. The van der Waals surface area contributed by atoms with E-state index in [-0.39, 0.29) is 31.0 Å². The van der Waals surface area contributed by atoms with Crippen LogP contribution in [0.1, 0.15) is 23.5 Å². The third kappa shape index (κ3) is 5.16. The van der Waals surface area contributed by atoms with Gasteiger partial charge in [-0.3, -0.25) is 4.79 Å². The van der Waals surface area contributed by atoms with Gasteiger partial charge < -0.3 is 19.8 Å². The molecule has 1 saturated heterocycles. The molecule has 0 aliphatic carbocycles. The standard InChI is InChI=1S/C22H27NO4/c24-14-19-11-12-23(13-20(19)18-9-5-2-6-10-18)22(26)21(25)16-27-15-17-7-3-1-4-8-17/h1-10,19-21,24-25H,11-16H2/t19?,20?,21-/m0/s1. The van der Waals surface area contributed by atoms with Crippen LogP contribution in [0.4, 0.5) is 0 Å². The molecule has 0 bridgehead atoms. The van der Waals surface area contributed by atoms with Crippen molar-refractivity contribution in [1.82, 2.24) is 4.90 Å². The van der Waals surface area contributed by atoms with Crippen LogP contribution in [0.25, 0.3) is 0 Å². The second-order valence-corrected chi connectivity index (χ2v) is 7.05. The molecule has 5 nitrogen and oxygen atoms in total. The van der Waals surface area contributed by atoms with Crippen molar-refractivity contribution < 1.29 is 19.7 Å². The van der Waals surface area contributed by atoms with E-state index in [1.807, 2.05) is 60.7 Å². The lowest BCUT2D eigenvalue weighted by molar-refractivity contribution is -0.145. The number of ether oxygens (including phenoxy) is 1. The summed E-state index contributed by atoms with van der Waals surface area (Å²) in [5.74, 6) is -0.102. The number of nitrogens with zero attached hydrogens (tertiary/aromatic N) is 1. The van der Waals surface area contributed by atoms with Crippen LogP contribution < -0.4 is 0 Å². The summed E-state index contributed by atoms with van der Waals surface area (Å²) in [6.07, 6.45) is -0.449. The average Bonchev–Trinajstić information content (AvgIpc) is 2.74. The van der Waals surface area contributed by atoms with Gasteiger partial charge in [0.25, 0.3) is 5.91 Å². The number of piperidine rings is 1. The molecule has 1 aliphatic heterocycles. The van der Waals surface area contributed by atoms with Crippen LogP contribution in [0, 0.1) is 5.92 Å². The summed E-state index contributed by atoms with van der Waals surface area (Å²) in [4.78, 5) is 14.3. The van der Waals surface area contributed by atoms with Crippen molar-refractivity contribution in [2.24, 2.45) is 5.92 Å². The van der Waals surface area contributed by atoms with Crippen molar-refractivity contribution in [3.8, 4) is 0 Å². The van der Waals surface area contributed by atoms with E-state index < -0.39 is 6.10 Å². The molecular formula is C22H27NO4. The highest BCUT2D eigenvalue weighted by Crippen LogP contribution is 2.32. The van der Waals surface area contributed by atoms with Crippen molar-refractivity contribution in [2.75, 3.05) is 26.3 Å². The number of hydrogen-bond acceptors (Lipinski definition) is 4. The Bertz CT molecular complexity index is 707. The monoisotopic (exact) mass is 369 g/mol. The van der Waals surface area contributed by atoms with E-state index in [2.05, 4.69) is 0 Å². The molecule has 0 radical (unpaired) electrons. The molecule has 0 saturated carbocycles. The molecule has 2 aromatic rings. The Morgan fingerprint density at radius 1 is 1.11 bits per heavy atom. The SMILES string of the molecule is O=C([C@@H](O)COCc1ccccc1)N1CCC(CO)C(c2ccccc2)C1. The van der Waals surface area contributed by atoms with Gasteiger partial charge in [-0.2, -0.15) is 0 Å². The normalized spacial score (nSPS) is 21.0. The number of aliphatic hydroxyl groups excluding tert-OH is 2. The van der Waals surface area contributed by atoms with Gasteiger partial charge in [0.15, 0.2) is 6.10 Å². The van der Waals surface area contributed by atoms with E-state index in [0.29, 0.717) is 19.7 Å². The molecule has 0 spiro atoms. The van der Waals surface area contributed by atoms with Gasteiger partial charge in [0, 0.05) is 25.6 Å². The fraction of sp³-hybridized carbons (Fsp3) is 0.409. The molecule has 0 aromatic heterocycles. The molecule has 144 valence electrons. The van der Waals surface area contributed by atoms with E-state index in [1.54, 1.807) is 4.90 Å². The molecule has 3 atom stereocenters. The first kappa shape index (κ1) is 19.5. The van der Waals surface area contributed by atoms with Crippen molar-refractivity contribution in [3.63, 3.8) is 0 Å². The van der Waals surface area contributed by atoms with E-state index >= 15 is 0 Å². The molecule has 2 N–H and O–H groups in total. The first-order valence-corrected chi connectivity index (χ1v) is 9.43. The zero-order valence-corrected chi connectivity index (χ0v) is 15.4. The molecule has 1 fully saturated rings. The van der Waals surface area contributed by atoms with Crippen molar-refractivity contribution in [1.29, 1.82) is 0 Å². The van der Waals surface area contributed by atoms with Crippen LogP contribution in [0.3, 0.4) is 0 Å². The summed E-state index contributed by atoms with van der Waals surface area (Å²) in [5.41, 5.74) is 2.12. The van der Waals surface area contributed by atoms with Crippen molar-refractivity contribution >= 4 is 5.91 Å². The minimum absolute atomic E-state index is 0.0241. The lowest BCUT2D eigenvalue weighted by Crippen LogP contribution is -2.48. The Balaban J connectivity index is 1.55. The molecule has 1 aliphatic rings. The Kier molecular flexibility index (Phi) is 6.98. The van der Waals surface area contributed by atoms with Crippen molar-refractivity contribution in [3.05, 3.63) is 71.8 Å². The highest BCUT2D eigenvalue weighted by Gasteiger charge is 2.34. The van der Waals surface area contributed by atoms with Gasteiger partial charge in [0.2, 0.25) is 0 Å². The highest BCUT2D eigenvalue weighted by atomic mass is 16.5. The number of carbonyl (C=O) groups is 1. The smallest absolute Gasteiger partial charge is 0.253 e. The number of amides is 1. The zero-order valence-electron chi connectivity index (χ0n) is 15.4. The highest BCUT2D eigenvalue weighted by molar-refractivity contribution is 5.81. The molecule has 5 heteroatoms. The first-order valence-electron chi connectivity index (χ1n) is 9.43. The van der Waals surface area contributed by atoms with Gasteiger partial charge in [0.05, 0.1) is 13.2 Å². The molecule has 27 heavy (non-hydrogen) atoms. The van der Waals surface area contributed by atoms with Crippen molar-refractivity contribution in [2.45, 2.75) is 25.0 Å². The maximum absolute atomic E-state index is 12.6. The van der Waals surface area contributed by atoms with Gasteiger partial charge in [-0.15, -0.1) is 0 Å².